The number of pyridine rings is 1. The third kappa shape index (κ3) is 2.41. The largest absolute Gasteiger partial charge is 0.243 e. The number of hydrogen-bond donors (Lipinski definition) is 0. The highest BCUT2D eigenvalue weighted by molar-refractivity contribution is 6.46. The van der Waals surface area contributed by atoms with Gasteiger partial charge in [-0.3, -0.25) is 0 Å². The Bertz CT molecular complexity index is 662. The molecule has 0 saturated carbocycles. The van der Waals surface area contributed by atoms with Crippen LogP contribution in [0.5, 0.6) is 0 Å². The minimum Gasteiger partial charge on any atom is -0.243 e. The van der Waals surface area contributed by atoms with Gasteiger partial charge in [-0.15, -0.1) is 0 Å². The first-order valence-corrected chi connectivity index (χ1v) is 6.25. The summed E-state index contributed by atoms with van der Waals surface area (Å²) in [6.45, 7) is 0. The summed E-state index contributed by atoms with van der Waals surface area (Å²) in [4.78, 5) is 3.93. The van der Waals surface area contributed by atoms with Gasteiger partial charge in [0, 0.05) is 17.3 Å². The summed E-state index contributed by atoms with van der Waals surface area (Å²) in [5.41, 5.74) is 1.10. The zero-order chi connectivity index (χ0) is 13.3. The normalized spacial score (nSPS) is 10.2. The Kier molecular flexibility index (Phi) is 3.99. The van der Waals surface area contributed by atoms with Crippen LogP contribution in [0.2, 0.25) is 20.1 Å². The van der Waals surface area contributed by atoms with Crippen LogP contribution in [-0.4, -0.2) is 4.98 Å². The molecule has 0 unspecified atom stereocenters. The predicted octanol–water partition coefficient (Wildman–Crippen LogP) is 5.23. The van der Waals surface area contributed by atoms with Gasteiger partial charge in [0.15, 0.2) is 0 Å². The smallest absolute Gasteiger partial charge is 0.148 e. The van der Waals surface area contributed by atoms with Crippen molar-refractivity contribution in [3.63, 3.8) is 0 Å². The molecule has 1 heterocycles. The van der Waals surface area contributed by atoms with Crippen molar-refractivity contribution in [2.24, 2.45) is 0 Å². The van der Waals surface area contributed by atoms with E-state index in [0.717, 1.165) is 0 Å². The first-order valence-electron chi connectivity index (χ1n) is 4.74. The maximum absolute atomic E-state index is 9.05. The molecule has 0 atom stereocenters. The van der Waals surface area contributed by atoms with Gasteiger partial charge in [-0.05, 0) is 18.2 Å². The van der Waals surface area contributed by atoms with Gasteiger partial charge < -0.3 is 0 Å². The summed E-state index contributed by atoms with van der Waals surface area (Å²) in [5.74, 6) is 0. The summed E-state index contributed by atoms with van der Waals surface area (Å²) in [6.07, 6.45) is 1.38. The van der Waals surface area contributed by atoms with E-state index < -0.39 is 0 Å². The Labute approximate surface area is 124 Å². The molecule has 2 rings (SSSR count). The molecule has 0 radical (unpaired) electrons. The minimum atomic E-state index is 0.186. The predicted molar refractivity (Wildman–Crippen MR) is 74.4 cm³/mol. The van der Waals surface area contributed by atoms with E-state index in [4.69, 9.17) is 51.7 Å². The summed E-state index contributed by atoms with van der Waals surface area (Å²) in [5, 5.41) is 10.4. The van der Waals surface area contributed by atoms with E-state index in [2.05, 4.69) is 4.98 Å². The molecule has 0 N–H and O–H groups in total. The maximum atomic E-state index is 9.05. The van der Waals surface area contributed by atoms with Gasteiger partial charge in [-0.1, -0.05) is 46.4 Å². The highest BCUT2D eigenvalue weighted by Gasteiger charge is 2.16. The molecule has 2 nitrogen and oxygen atoms in total. The topological polar surface area (TPSA) is 36.7 Å². The van der Waals surface area contributed by atoms with Crippen molar-refractivity contribution in [3.8, 4) is 17.2 Å². The second kappa shape index (κ2) is 5.34. The van der Waals surface area contributed by atoms with Crippen molar-refractivity contribution in [2.75, 3.05) is 0 Å². The monoisotopic (exact) mass is 316 g/mol. The van der Waals surface area contributed by atoms with Crippen LogP contribution in [0.3, 0.4) is 0 Å². The molecular formula is C12H4Cl4N2. The van der Waals surface area contributed by atoms with E-state index in [1.807, 2.05) is 6.07 Å². The average molecular weight is 318 g/mol. The summed E-state index contributed by atoms with van der Waals surface area (Å²) < 4.78 is 0. The summed E-state index contributed by atoms with van der Waals surface area (Å²) >= 11 is 24.0. The number of nitrogens with zero attached hydrogens (tertiary/aromatic N) is 2. The lowest BCUT2D eigenvalue weighted by Crippen LogP contribution is -1.91. The molecular weight excluding hydrogens is 314 g/mol. The first-order chi connectivity index (χ1) is 8.54. The van der Waals surface area contributed by atoms with E-state index >= 15 is 0 Å². The van der Waals surface area contributed by atoms with Gasteiger partial charge in [0.25, 0.3) is 0 Å². The van der Waals surface area contributed by atoms with Crippen LogP contribution < -0.4 is 0 Å². The van der Waals surface area contributed by atoms with Crippen molar-refractivity contribution in [1.82, 2.24) is 4.98 Å². The lowest BCUT2D eigenvalue weighted by molar-refractivity contribution is 1.26. The minimum absolute atomic E-state index is 0.186. The molecule has 0 aliphatic carbocycles. The SMILES string of the molecule is N#Cc1ncc(Cl)cc1-c1c(Cl)ccc(Cl)c1Cl. The lowest BCUT2D eigenvalue weighted by Gasteiger charge is -2.10. The highest BCUT2D eigenvalue weighted by atomic mass is 35.5. The van der Waals surface area contributed by atoms with Crippen molar-refractivity contribution in [3.05, 3.63) is 50.2 Å². The molecule has 6 heteroatoms. The number of benzene rings is 1. The fraction of sp³-hybridized carbons (Fsp3) is 0. The summed E-state index contributed by atoms with van der Waals surface area (Å²) in [7, 11) is 0. The number of aromatic nitrogens is 1. The molecule has 0 spiro atoms. The quantitative estimate of drug-likeness (QED) is 0.675. The van der Waals surface area contributed by atoms with E-state index in [0.29, 0.717) is 26.2 Å². The Hall–Kier alpha value is -0.980. The van der Waals surface area contributed by atoms with Crippen LogP contribution in [0.1, 0.15) is 5.69 Å². The zero-order valence-corrected chi connectivity index (χ0v) is 11.7. The van der Waals surface area contributed by atoms with Crippen LogP contribution >= 0.6 is 46.4 Å². The standard InChI is InChI=1S/C12H4Cl4N2/c13-6-3-7(10(4-17)18-5-6)11-8(14)1-2-9(15)12(11)16/h1-3,5H. The molecule has 0 saturated heterocycles. The maximum Gasteiger partial charge on any atom is 0.148 e. The van der Waals surface area contributed by atoms with Crippen LogP contribution in [0.15, 0.2) is 24.4 Å². The third-order valence-electron chi connectivity index (χ3n) is 2.27. The van der Waals surface area contributed by atoms with Crippen LogP contribution in [0.25, 0.3) is 11.1 Å². The van der Waals surface area contributed by atoms with Crippen molar-refractivity contribution >= 4 is 46.4 Å². The molecule has 0 bridgehead atoms. The Morgan fingerprint density at radius 3 is 2.39 bits per heavy atom. The Morgan fingerprint density at radius 1 is 1.06 bits per heavy atom. The molecule has 2 aromatic rings. The van der Waals surface area contributed by atoms with Gasteiger partial charge >= 0.3 is 0 Å². The molecule has 0 fully saturated rings. The summed E-state index contributed by atoms with van der Waals surface area (Å²) in [6, 6.07) is 6.73. The van der Waals surface area contributed by atoms with Gasteiger partial charge in [0.2, 0.25) is 0 Å². The number of nitriles is 1. The highest BCUT2D eigenvalue weighted by Crippen LogP contribution is 2.40. The van der Waals surface area contributed by atoms with Crippen molar-refractivity contribution in [1.29, 1.82) is 5.26 Å². The number of halogens is 4. The van der Waals surface area contributed by atoms with Gasteiger partial charge in [-0.2, -0.15) is 5.26 Å². The fourth-order valence-electron chi connectivity index (χ4n) is 1.49. The number of rotatable bonds is 1. The molecule has 90 valence electrons. The van der Waals surface area contributed by atoms with Crippen molar-refractivity contribution < 1.29 is 0 Å². The van der Waals surface area contributed by atoms with Crippen LogP contribution in [0.4, 0.5) is 0 Å². The van der Waals surface area contributed by atoms with E-state index in [-0.39, 0.29) is 10.7 Å². The Balaban J connectivity index is 2.81. The first kappa shape index (κ1) is 13.5. The molecule has 0 amide bonds. The van der Waals surface area contributed by atoms with Crippen LogP contribution in [0, 0.1) is 11.3 Å². The van der Waals surface area contributed by atoms with E-state index in [1.165, 1.54) is 6.20 Å². The van der Waals surface area contributed by atoms with Crippen LogP contribution in [-0.2, 0) is 0 Å². The van der Waals surface area contributed by atoms with Gasteiger partial charge in [0.1, 0.15) is 11.8 Å². The number of hydrogen-bond acceptors (Lipinski definition) is 2. The second-order valence-electron chi connectivity index (χ2n) is 3.38. The average Bonchev–Trinajstić information content (AvgIpc) is 2.35. The third-order valence-corrected chi connectivity index (χ3v) is 3.60. The molecule has 18 heavy (non-hydrogen) atoms. The molecule has 0 aliphatic heterocycles. The molecule has 1 aromatic carbocycles. The Morgan fingerprint density at radius 2 is 1.72 bits per heavy atom. The molecule has 0 aliphatic rings. The molecule has 1 aromatic heterocycles. The van der Waals surface area contributed by atoms with E-state index in [1.54, 1.807) is 18.2 Å². The van der Waals surface area contributed by atoms with E-state index in [9.17, 15) is 0 Å². The van der Waals surface area contributed by atoms with Gasteiger partial charge in [-0.25, -0.2) is 4.98 Å². The van der Waals surface area contributed by atoms with Gasteiger partial charge in [0.05, 0.1) is 20.1 Å². The fourth-order valence-corrected chi connectivity index (χ4v) is 2.38. The zero-order valence-electron chi connectivity index (χ0n) is 8.72. The lowest BCUT2D eigenvalue weighted by atomic mass is 10.0. The second-order valence-corrected chi connectivity index (χ2v) is 5.01. The van der Waals surface area contributed by atoms with Crippen molar-refractivity contribution in [2.45, 2.75) is 0 Å².